The first-order valence-electron chi connectivity index (χ1n) is 11.4. The van der Waals surface area contributed by atoms with E-state index in [1.807, 2.05) is 41.0 Å². The summed E-state index contributed by atoms with van der Waals surface area (Å²) in [5.41, 5.74) is 5.33. The number of thiophene rings is 1. The van der Waals surface area contributed by atoms with Crippen molar-refractivity contribution in [3.63, 3.8) is 0 Å². The molecule has 2 aliphatic rings. The second kappa shape index (κ2) is 9.39. The van der Waals surface area contributed by atoms with Gasteiger partial charge in [0.25, 0.3) is 11.8 Å². The second-order valence-corrected chi connectivity index (χ2v) is 10.3. The van der Waals surface area contributed by atoms with Gasteiger partial charge < -0.3 is 14.5 Å². The van der Waals surface area contributed by atoms with E-state index in [0.29, 0.717) is 47.4 Å². The van der Waals surface area contributed by atoms with Crippen LogP contribution in [0.5, 0.6) is 5.75 Å². The van der Waals surface area contributed by atoms with Gasteiger partial charge in [0.2, 0.25) is 0 Å². The molecule has 34 heavy (non-hydrogen) atoms. The molecule has 0 spiro atoms. The minimum atomic E-state index is -0.0678. The average molecular weight is 496 g/mol. The van der Waals surface area contributed by atoms with E-state index in [1.54, 1.807) is 5.38 Å². The molecular weight excluding hydrogens is 470 g/mol. The van der Waals surface area contributed by atoms with Crippen molar-refractivity contribution in [1.29, 1.82) is 0 Å². The quantitative estimate of drug-likeness (QED) is 0.493. The summed E-state index contributed by atoms with van der Waals surface area (Å²) < 4.78 is 5.81. The molecule has 0 unspecified atom stereocenters. The number of amides is 2. The lowest BCUT2D eigenvalue weighted by molar-refractivity contribution is 0.0700. The molecule has 0 bridgehead atoms. The number of likely N-dealkylation sites (tertiary alicyclic amines) is 1. The van der Waals surface area contributed by atoms with E-state index >= 15 is 0 Å². The van der Waals surface area contributed by atoms with E-state index in [2.05, 4.69) is 12.1 Å². The van der Waals surface area contributed by atoms with Crippen molar-refractivity contribution >= 4 is 34.8 Å². The average Bonchev–Trinajstić information content (AvgIpc) is 3.46. The topological polar surface area (TPSA) is 62.7 Å². The number of carbonyl (C=O) groups excluding carboxylic acids is 2. The summed E-state index contributed by atoms with van der Waals surface area (Å²) in [7, 11) is 1.53. The van der Waals surface area contributed by atoms with Crippen LogP contribution < -0.4 is 4.74 Å². The fourth-order valence-corrected chi connectivity index (χ4v) is 5.95. The summed E-state index contributed by atoms with van der Waals surface area (Å²) in [6.07, 6.45) is 1.51. The number of benzene rings is 1. The third kappa shape index (κ3) is 4.18. The Morgan fingerprint density at radius 2 is 1.65 bits per heavy atom. The summed E-state index contributed by atoms with van der Waals surface area (Å²) in [5, 5.41) is 1.75. The maximum absolute atomic E-state index is 13.5. The molecule has 4 heterocycles. The molecule has 1 aromatic carbocycles. The molecule has 2 aromatic heterocycles. The first-order valence-corrected chi connectivity index (χ1v) is 12.7. The number of nitrogens with zero attached hydrogens (tertiary/aromatic N) is 3. The van der Waals surface area contributed by atoms with E-state index in [9.17, 15) is 9.59 Å². The summed E-state index contributed by atoms with van der Waals surface area (Å²) in [6, 6.07) is 12.0. The number of halogens is 1. The Morgan fingerprint density at radius 1 is 1.00 bits per heavy atom. The minimum Gasteiger partial charge on any atom is -0.493 e. The van der Waals surface area contributed by atoms with Gasteiger partial charge >= 0.3 is 0 Å². The lowest BCUT2D eigenvalue weighted by Gasteiger charge is -2.32. The van der Waals surface area contributed by atoms with Crippen molar-refractivity contribution < 1.29 is 14.3 Å². The highest BCUT2D eigenvalue weighted by Crippen LogP contribution is 2.37. The molecule has 0 radical (unpaired) electrons. The third-order valence-electron chi connectivity index (χ3n) is 6.73. The first-order chi connectivity index (χ1) is 16.5. The van der Waals surface area contributed by atoms with Gasteiger partial charge in [0.15, 0.2) is 5.75 Å². The number of ether oxygens (including phenoxy) is 1. The van der Waals surface area contributed by atoms with Gasteiger partial charge in [-0.1, -0.05) is 35.9 Å². The molecular formula is C26H26ClN3O3S. The zero-order valence-electron chi connectivity index (χ0n) is 19.2. The van der Waals surface area contributed by atoms with Gasteiger partial charge in [-0.15, -0.1) is 11.3 Å². The highest BCUT2D eigenvalue weighted by Gasteiger charge is 2.32. The Balaban J connectivity index is 1.32. The molecule has 5 rings (SSSR count). The maximum Gasteiger partial charge on any atom is 0.258 e. The number of aryl methyl sites for hydroxylation is 1. The molecule has 1 fully saturated rings. The largest absolute Gasteiger partial charge is 0.493 e. The number of fused-ring (bicyclic) bond motifs is 1. The van der Waals surface area contributed by atoms with E-state index < -0.39 is 0 Å². The Labute approximate surface area is 208 Å². The number of carbonyl (C=O) groups is 2. The fraction of sp³-hybridized carbons (Fsp3) is 0.346. The molecule has 0 aliphatic carbocycles. The van der Waals surface area contributed by atoms with Gasteiger partial charge in [-0.2, -0.15) is 0 Å². The van der Waals surface area contributed by atoms with E-state index in [-0.39, 0.29) is 17.7 Å². The summed E-state index contributed by atoms with van der Waals surface area (Å²) >= 11 is 7.46. The van der Waals surface area contributed by atoms with Gasteiger partial charge in [0.05, 0.1) is 23.9 Å². The van der Waals surface area contributed by atoms with Crippen LogP contribution in [0.2, 0.25) is 4.34 Å². The molecule has 1 saturated heterocycles. The number of piperidine rings is 1. The smallest absolute Gasteiger partial charge is 0.258 e. The van der Waals surface area contributed by atoms with E-state index in [4.69, 9.17) is 21.3 Å². The minimum absolute atomic E-state index is 0.0230. The van der Waals surface area contributed by atoms with Gasteiger partial charge in [-0.25, -0.2) is 0 Å². The predicted molar refractivity (Wildman–Crippen MR) is 133 cm³/mol. The Hall–Kier alpha value is -2.90. The first kappa shape index (κ1) is 22.9. The zero-order valence-corrected chi connectivity index (χ0v) is 20.8. The molecule has 2 amide bonds. The normalized spacial score (nSPS) is 16.0. The van der Waals surface area contributed by atoms with Crippen molar-refractivity contribution in [2.75, 3.05) is 20.2 Å². The second-order valence-electron chi connectivity index (χ2n) is 8.84. The zero-order chi connectivity index (χ0) is 23.8. The van der Waals surface area contributed by atoms with Gasteiger partial charge in [0.1, 0.15) is 4.34 Å². The maximum atomic E-state index is 13.5. The fourth-order valence-electron chi connectivity index (χ4n) is 4.90. The van der Waals surface area contributed by atoms with Crippen molar-refractivity contribution in [1.82, 2.24) is 14.8 Å². The van der Waals surface area contributed by atoms with E-state index in [0.717, 1.165) is 24.2 Å². The Bertz CT molecular complexity index is 1220. The molecule has 8 heteroatoms. The van der Waals surface area contributed by atoms with Crippen LogP contribution in [0, 0.1) is 6.92 Å². The van der Waals surface area contributed by atoms with Crippen molar-refractivity contribution in [3.05, 3.63) is 79.8 Å². The lowest BCUT2D eigenvalue weighted by atomic mass is 9.89. The van der Waals surface area contributed by atoms with Crippen LogP contribution in [0.25, 0.3) is 0 Å². The molecule has 0 atom stereocenters. The summed E-state index contributed by atoms with van der Waals surface area (Å²) in [4.78, 5) is 35.1. The number of pyridine rings is 1. The highest BCUT2D eigenvalue weighted by atomic mass is 35.5. The van der Waals surface area contributed by atoms with Crippen LogP contribution in [0.1, 0.15) is 62.0 Å². The third-order valence-corrected chi connectivity index (χ3v) is 7.91. The SMILES string of the molecule is COc1c(C(=O)N2CCC(c3nc(C)ccc3C(=O)N3Cc4ccccc4C3)CC2)csc1Cl. The number of methoxy groups -OCH3 is 1. The van der Waals surface area contributed by atoms with Crippen LogP contribution in [-0.2, 0) is 13.1 Å². The standard InChI is InChI=1S/C26H26ClN3O3S/c1-16-7-8-20(25(31)30-13-18-5-3-4-6-19(18)14-30)22(28-16)17-9-11-29(12-10-17)26(32)21-15-34-24(27)23(21)33-2/h3-8,15,17H,9-14H2,1-2H3. The molecule has 0 saturated carbocycles. The Morgan fingerprint density at radius 3 is 2.29 bits per heavy atom. The Kier molecular flexibility index (Phi) is 6.32. The van der Waals surface area contributed by atoms with E-state index in [1.165, 1.54) is 29.6 Å². The van der Waals surface area contributed by atoms with Crippen molar-refractivity contribution in [2.24, 2.45) is 0 Å². The summed E-state index contributed by atoms with van der Waals surface area (Å²) in [6.45, 7) is 4.40. The van der Waals surface area contributed by atoms with Crippen LogP contribution in [0.3, 0.4) is 0 Å². The van der Waals surface area contributed by atoms with Gasteiger partial charge in [0, 0.05) is 43.2 Å². The van der Waals surface area contributed by atoms with Crippen LogP contribution in [0.15, 0.2) is 41.8 Å². The number of hydrogen-bond donors (Lipinski definition) is 0. The highest BCUT2D eigenvalue weighted by molar-refractivity contribution is 7.15. The van der Waals surface area contributed by atoms with Gasteiger partial charge in [-0.05, 0) is 43.0 Å². The van der Waals surface area contributed by atoms with Crippen LogP contribution in [0.4, 0.5) is 0 Å². The van der Waals surface area contributed by atoms with Crippen LogP contribution >= 0.6 is 22.9 Å². The molecule has 0 N–H and O–H groups in total. The van der Waals surface area contributed by atoms with Crippen molar-refractivity contribution in [3.8, 4) is 5.75 Å². The summed E-state index contributed by atoms with van der Waals surface area (Å²) in [5.74, 6) is 0.524. The number of rotatable bonds is 4. The molecule has 3 aromatic rings. The van der Waals surface area contributed by atoms with Gasteiger partial charge in [-0.3, -0.25) is 14.6 Å². The lowest BCUT2D eigenvalue weighted by Crippen LogP contribution is -2.38. The predicted octanol–water partition coefficient (Wildman–Crippen LogP) is 5.29. The number of aromatic nitrogens is 1. The van der Waals surface area contributed by atoms with Crippen LogP contribution in [-0.4, -0.2) is 46.8 Å². The number of hydrogen-bond acceptors (Lipinski definition) is 5. The molecule has 2 aliphatic heterocycles. The molecule has 176 valence electrons. The van der Waals surface area contributed by atoms with Crippen molar-refractivity contribution in [2.45, 2.75) is 38.8 Å². The molecule has 6 nitrogen and oxygen atoms in total. The monoisotopic (exact) mass is 495 g/mol.